The van der Waals surface area contributed by atoms with E-state index < -0.39 is 10.8 Å². The van der Waals surface area contributed by atoms with Gasteiger partial charge in [-0.15, -0.1) is 0 Å². The second-order valence-electron chi connectivity index (χ2n) is 2.17. The zero-order valence-corrected chi connectivity index (χ0v) is 7.25. The molecule has 0 aromatic heterocycles. The second kappa shape index (κ2) is 7.18. The van der Waals surface area contributed by atoms with Crippen molar-refractivity contribution >= 4 is 10.8 Å². The van der Waals surface area contributed by atoms with E-state index in [-0.39, 0.29) is 0 Å². The fraction of sp³-hybridized carbons (Fsp3) is 1.00. The average molecular weight is 164 g/mol. The van der Waals surface area contributed by atoms with Gasteiger partial charge in [-0.25, -0.2) is 0 Å². The maximum atomic E-state index is 10.5. The van der Waals surface area contributed by atoms with Crippen LogP contribution in [0.5, 0.6) is 0 Å². The summed E-state index contributed by atoms with van der Waals surface area (Å²) in [6.07, 6.45) is 2.71. The molecule has 0 heterocycles. The molecular weight excluding hydrogens is 148 g/mol. The van der Waals surface area contributed by atoms with Gasteiger partial charge in [0.15, 0.2) is 0 Å². The monoisotopic (exact) mass is 164 g/mol. The van der Waals surface area contributed by atoms with Crippen molar-refractivity contribution in [1.29, 1.82) is 0 Å². The third kappa shape index (κ3) is 8.07. The Hall–Kier alpha value is 0.0700. The van der Waals surface area contributed by atoms with Crippen molar-refractivity contribution in [3.05, 3.63) is 0 Å². The van der Waals surface area contributed by atoms with Crippen LogP contribution in [0.4, 0.5) is 0 Å². The van der Waals surface area contributed by atoms with Gasteiger partial charge >= 0.3 is 0 Å². The maximum absolute atomic E-state index is 10.5. The molecule has 0 saturated heterocycles. The van der Waals surface area contributed by atoms with Crippen LogP contribution in [0.1, 0.15) is 6.42 Å². The SMILES string of the molecule is CS(=O)CCNCCCN. The van der Waals surface area contributed by atoms with Gasteiger partial charge in [-0.05, 0) is 19.5 Å². The summed E-state index contributed by atoms with van der Waals surface area (Å²) >= 11 is 0. The maximum Gasteiger partial charge on any atom is 0.0357 e. The van der Waals surface area contributed by atoms with Crippen LogP contribution in [-0.4, -0.2) is 35.9 Å². The lowest BCUT2D eigenvalue weighted by molar-refractivity contribution is 0.664. The number of hydrogen-bond acceptors (Lipinski definition) is 3. The summed E-state index contributed by atoms with van der Waals surface area (Å²) in [7, 11) is -0.665. The van der Waals surface area contributed by atoms with Crippen LogP contribution in [0.2, 0.25) is 0 Å². The fourth-order valence-corrected chi connectivity index (χ4v) is 1.000. The highest BCUT2D eigenvalue weighted by Gasteiger charge is 1.89. The molecule has 0 aliphatic heterocycles. The molecule has 3 nitrogen and oxygen atoms in total. The molecule has 0 bridgehead atoms. The molecule has 4 heteroatoms. The number of nitrogens with one attached hydrogen (secondary N) is 1. The summed E-state index contributed by atoms with van der Waals surface area (Å²) in [6.45, 7) is 2.50. The summed E-state index contributed by atoms with van der Waals surface area (Å²) in [5.74, 6) is 0.741. The predicted octanol–water partition coefficient (Wildman–Crippen LogP) is -0.697. The normalized spacial score (nSPS) is 13.4. The Morgan fingerprint density at radius 2 is 2.20 bits per heavy atom. The van der Waals surface area contributed by atoms with Crippen LogP contribution in [0.3, 0.4) is 0 Å². The fourth-order valence-electron chi connectivity index (χ4n) is 0.568. The van der Waals surface area contributed by atoms with E-state index in [0.717, 1.165) is 31.8 Å². The van der Waals surface area contributed by atoms with Crippen LogP contribution in [0, 0.1) is 0 Å². The van der Waals surface area contributed by atoms with Crippen molar-refractivity contribution in [1.82, 2.24) is 5.32 Å². The first kappa shape index (κ1) is 10.1. The lowest BCUT2D eigenvalue weighted by Gasteiger charge is -2.00. The molecule has 1 unspecified atom stereocenters. The van der Waals surface area contributed by atoms with Crippen molar-refractivity contribution < 1.29 is 4.21 Å². The first-order valence-electron chi connectivity index (χ1n) is 3.48. The molecule has 0 aromatic carbocycles. The van der Waals surface area contributed by atoms with Crippen molar-refractivity contribution in [2.24, 2.45) is 5.73 Å². The van der Waals surface area contributed by atoms with Gasteiger partial charge in [0, 0.05) is 29.4 Å². The molecule has 0 aromatic rings. The Bertz CT molecular complexity index is 97.7. The molecule has 62 valence electrons. The van der Waals surface area contributed by atoms with Gasteiger partial charge in [-0.1, -0.05) is 0 Å². The second-order valence-corrected chi connectivity index (χ2v) is 3.72. The smallest absolute Gasteiger partial charge is 0.0357 e. The molecule has 0 saturated carbocycles. The van der Waals surface area contributed by atoms with E-state index in [1.54, 1.807) is 6.26 Å². The Balaban J connectivity index is 2.84. The minimum absolute atomic E-state index is 0.665. The average Bonchev–Trinajstić information content (AvgIpc) is 1.87. The van der Waals surface area contributed by atoms with Crippen LogP contribution < -0.4 is 11.1 Å². The third-order valence-electron chi connectivity index (χ3n) is 1.12. The molecule has 1 atom stereocenters. The first-order valence-corrected chi connectivity index (χ1v) is 5.21. The molecule has 0 amide bonds. The first-order chi connectivity index (χ1) is 4.77. The zero-order valence-electron chi connectivity index (χ0n) is 6.43. The lowest BCUT2D eigenvalue weighted by atomic mass is 10.4. The minimum atomic E-state index is -0.665. The topological polar surface area (TPSA) is 55.1 Å². The largest absolute Gasteiger partial charge is 0.330 e. The van der Waals surface area contributed by atoms with Gasteiger partial charge in [0.1, 0.15) is 0 Å². The molecule has 0 rings (SSSR count). The number of hydrogen-bond donors (Lipinski definition) is 2. The Morgan fingerprint density at radius 1 is 1.50 bits per heavy atom. The van der Waals surface area contributed by atoms with E-state index in [1.165, 1.54) is 0 Å². The van der Waals surface area contributed by atoms with E-state index in [9.17, 15) is 4.21 Å². The summed E-state index contributed by atoms with van der Waals surface area (Å²) in [6, 6.07) is 0. The number of rotatable bonds is 6. The standard InChI is InChI=1S/C6H16N2OS/c1-10(9)6-5-8-4-2-3-7/h8H,2-7H2,1H3. The Kier molecular flexibility index (Phi) is 7.23. The van der Waals surface area contributed by atoms with Gasteiger partial charge in [0.05, 0.1) is 0 Å². The Morgan fingerprint density at radius 3 is 2.70 bits per heavy atom. The van der Waals surface area contributed by atoms with Gasteiger partial charge in [-0.2, -0.15) is 0 Å². The predicted molar refractivity (Wildman–Crippen MR) is 45.5 cm³/mol. The molecule has 10 heavy (non-hydrogen) atoms. The molecule has 0 aliphatic carbocycles. The highest BCUT2D eigenvalue weighted by molar-refractivity contribution is 7.84. The molecule has 0 spiro atoms. The highest BCUT2D eigenvalue weighted by Crippen LogP contribution is 1.73. The quantitative estimate of drug-likeness (QED) is 0.511. The van der Waals surface area contributed by atoms with E-state index in [0.29, 0.717) is 0 Å². The minimum Gasteiger partial charge on any atom is -0.330 e. The molecular formula is C6H16N2OS. The summed E-state index contributed by atoms with van der Waals surface area (Å²) in [5.41, 5.74) is 5.27. The Labute approximate surface area is 64.8 Å². The third-order valence-corrected chi connectivity index (χ3v) is 1.90. The van der Waals surface area contributed by atoms with Crippen LogP contribution >= 0.6 is 0 Å². The van der Waals surface area contributed by atoms with Crippen LogP contribution in [0.25, 0.3) is 0 Å². The van der Waals surface area contributed by atoms with Gasteiger partial charge in [-0.3, -0.25) is 4.21 Å². The lowest BCUT2D eigenvalue weighted by Crippen LogP contribution is -2.22. The molecule has 3 N–H and O–H groups in total. The zero-order chi connectivity index (χ0) is 7.82. The van der Waals surface area contributed by atoms with Crippen molar-refractivity contribution in [2.75, 3.05) is 31.6 Å². The highest BCUT2D eigenvalue weighted by atomic mass is 32.2. The van der Waals surface area contributed by atoms with E-state index >= 15 is 0 Å². The van der Waals surface area contributed by atoms with E-state index in [2.05, 4.69) is 5.32 Å². The number of nitrogens with two attached hydrogens (primary N) is 1. The summed E-state index contributed by atoms with van der Waals surface area (Å²) in [5, 5.41) is 3.14. The van der Waals surface area contributed by atoms with E-state index in [1.807, 2.05) is 0 Å². The van der Waals surface area contributed by atoms with Gasteiger partial charge in [0.25, 0.3) is 0 Å². The molecule has 0 fully saturated rings. The van der Waals surface area contributed by atoms with Crippen LogP contribution in [-0.2, 0) is 10.8 Å². The summed E-state index contributed by atoms with van der Waals surface area (Å²) in [4.78, 5) is 0. The van der Waals surface area contributed by atoms with E-state index in [4.69, 9.17) is 5.73 Å². The van der Waals surface area contributed by atoms with Crippen molar-refractivity contribution in [3.63, 3.8) is 0 Å². The van der Waals surface area contributed by atoms with Crippen molar-refractivity contribution in [3.8, 4) is 0 Å². The molecule has 0 radical (unpaired) electrons. The van der Waals surface area contributed by atoms with Crippen molar-refractivity contribution in [2.45, 2.75) is 6.42 Å². The molecule has 0 aliphatic rings. The van der Waals surface area contributed by atoms with Gasteiger partial charge in [0.2, 0.25) is 0 Å². The van der Waals surface area contributed by atoms with Crippen LogP contribution in [0.15, 0.2) is 0 Å². The van der Waals surface area contributed by atoms with Gasteiger partial charge < -0.3 is 11.1 Å². The summed E-state index contributed by atoms with van der Waals surface area (Å²) < 4.78 is 10.5.